The fourth-order valence-electron chi connectivity index (χ4n) is 2.79. The molecule has 1 aromatic carbocycles. The number of nitrogens with zero attached hydrogens (tertiary/aromatic N) is 2. The van der Waals surface area contributed by atoms with Crippen molar-refractivity contribution >= 4 is 23.5 Å². The number of benzene rings is 1. The van der Waals surface area contributed by atoms with Crippen LogP contribution in [0.1, 0.15) is 34.1 Å². The number of aliphatic imine (C=N–C) groups is 1. The molecule has 0 aromatic heterocycles. The third-order valence-electron chi connectivity index (χ3n) is 3.90. The highest BCUT2D eigenvalue weighted by molar-refractivity contribution is 5.97. The summed E-state index contributed by atoms with van der Waals surface area (Å²) in [4.78, 5) is 30.2. The van der Waals surface area contributed by atoms with E-state index in [1.807, 2.05) is 52.0 Å². The maximum absolute atomic E-state index is 12.2. The fraction of sp³-hybridized carbons (Fsp3) is 0.550. The zero-order chi connectivity index (χ0) is 20.6. The first-order chi connectivity index (χ1) is 13.3. The molecule has 2 amide bonds. The number of para-hydroxylation sites is 2. The van der Waals surface area contributed by atoms with Crippen LogP contribution in [0.5, 0.6) is 5.75 Å². The molecular weight excluding hydrogens is 358 g/mol. The van der Waals surface area contributed by atoms with Crippen molar-refractivity contribution in [2.24, 2.45) is 4.99 Å². The lowest BCUT2D eigenvalue weighted by molar-refractivity contribution is -0.122. The van der Waals surface area contributed by atoms with Crippen LogP contribution in [0.3, 0.4) is 0 Å². The third-order valence-corrected chi connectivity index (χ3v) is 3.90. The Morgan fingerprint density at radius 2 is 2.00 bits per heavy atom. The standard InChI is InChI=1S/C20H31N5O3/c1-5-21-19(23-13-17(26)24-20(2,3)4)22-11-8-12-25-15-9-6-7-10-16(15)28-14-18(25)27/h6-7,9-10H,5,8,11-14H2,1-4H3,(H,24,26)(H2,21,22,23). The third kappa shape index (κ3) is 6.75. The van der Waals surface area contributed by atoms with E-state index in [0.717, 1.165) is 17.9 Å². The van der Waals surface area contributed by atoms with Crippen LogP contribution in [-0.4, -0.2) is 56.1 Å². The molecule has 0 aliphatic carbocycles. The molecule has 8 nitrogen and oxygen atoms in total. The van der Waals surface area contributed by atoms with Crippen molar-refractivity contribution in [3.05, 3.63) is 24.3 Å². The van der Waals surface area contributed by atoms with Crippen molar-refractivity contribution in [2.75, 3.05) is 37.7 Å². The number of nitrogens with one attached hydrogen (secondary N) is 3. The van der Waals surface area contributed by atoms with Crippen molar-refractivity contribution < 1.29 is 14.3 Å². The van der Waals surface area contributed by atoms with Crippen molar-refractivity contribution in [1.29, 1.82) is 0 Å². The molecule has 1 aliphatic heterocycles. The smallest absolute Gasteiger partial charge is 0.265 e. The zero-order valence-corrected chi connectivity index (χ0v) is 17.2. The topological polar surface area (TPSA) is 95.1 Å². The molecule has 0 saturated heterocycles. The lowest BCUT2D eigenvalue weighted by Crippen LogP contribution is -2.44. The highest BCUT2D eigenvalue weighted by atomic mass is 16.5. The van der Waals surface area contributed by atoms with Gasteiger partial charge in [-0.05, 0) is 46.2 Å². The average Bonchev–Trinajstić information content (AvgIpc) is 2.63. The minimum atomic E-state index is -0.278. The number of amides is 2. The largest absolute Gasteiger partial charge is 0.482 e. The number of hydrogen-bond acceptors (Lipinski definition) is 4. The second-order valence-corrected chi connectivity index (χ2v) is 7.58. The van der Waals surface area contributed by atoms with E-state index in [1.165, 1.54) is 0 Å². The molecule has 1 heterocycles. The predicted molar refractivity (Wildman–Crippen MR) is 111 cm³/mol. The first-order valence-electron chi connectivity index (χ1n) is 9.65. The van der Waals surface area contributed by atoms with Gasteiger partial charge >= 0.3 is 0 Å². The minimum Gasteiger partial charge on any atom is -0.482 e. The van der Waals surface area contributed by atoms with E-state index in [4.69, 9.17) is 4.74 Å². The number of hydrogen-bond donors (Lipinski definition) is 3. The summed E-state index contributed by atoms with van der Waals surface area (Å²) in [6, 6.07) is 7.54. The first kappa shape index (κ1) is 21.5. The van der Waals surface area contributed by atoms with E-state index < -0.39 is 0 Å². The summed E-state index contributed by atoms with van der Waals surface area (Å²) < 4.78 is 5.46. The van der Waals surface area contributed by atoms with Crippen LogP contribution in [0.4, 0.5) is 5.69 Å². The highest BCUT2D eigenvalue weighted by Crippen LogP contribution is 2.31. The first-order valence-corrected chi connectivity index (χ1v) is 9.65. The minimum absolute atomic E-state index is 0.0434. The maximum Gasteiger partial charge on any atom is 0.265 e. The van der Waals surface area contributed by atoms with Crippen LogP contribution in [0, 0.1) is 0 Å². The van der Waals surface area contributed by atoms with Crippen molar-refractivity contribution in [1.82, 2.24) is 16.0 Å². The Balaban J connectivity index is 1.84. The lowest BCUT2D eigenvalue weighted by atomic mass is 10.1. The molecule has 28 heavy (non-hydrogen) atoms. The number of guanidine groups is 1. The Morgan fingerprint density at radius 1 is 1.25 bits per heavy atom. The average molecular weight is 390 g/mol. The summed E-state index contributed by atoms with van der Waals surface area (Å²) in [5.74, 6) is 1.15. The number of anilines is 1. The number of fused-ring (bicyclic) bond motifs is 1. The quantitative estimate of drug-likeness (QED) is 0.371. The van der Waals surface area contributed by atoms with Gasteiger partial charge in [-0.25, -0.2) is 4.99 Å². The van der Waals surface area contributed by atoms with Gasteiger partial charge in [0.15, 0.2) is 12.6 Å². The van der Waals surface area contributed by atoms with Gasteiger partial charge in [-0.1, -0.05) is 12.1 Å². The molecule has 2 rings (SSSR count). The molecule has 0 saturated carbocycles. The van der Waals surface area contributed by atoms with Crippen molar-refractivity contribution in [3.63, 3.8) is 0 Å². The van der Waals surface area contributed by atoms with Crippen LogP contribution < -0.4 is 25.6 Å². The summed E-state index contributed by atoms with van der Waals surface area (Å²) in [6.45, 7) is 9.79. The number of rotatable bonds is 7. The normalized spacial score (nSPS) is 14.2. The summed E-state index contributed by atoms with van der Waals surface area (Å²) in [6.07, 6.45) is 0.735. The molecule has 0 atom stereocenters. The molecular formula is C20H31N5O3. The van der Waals surface area contributed by atoms with Gasteiger partial charge in [0.2, 0.25) is 5.91 Å². The van der Waals surface area contributed by atoms with E-state index in [0.29, 0.717) is 25.6 Å². The van der Waals surface area contributed by atoms with Crippen LogP contribution in [0.2, 0.25) is 0 Å². The number of ether oxygens (including phenoxy) is 1. The monoisotopic (exact) mass is 389 g/mol. The van der Waals surface area contributed by atoms with Gasteiger partial charge < -0.3 is 25.6 Å². The van der Waals surface area contributed by atoms with Crippen LogP contribution in [-0.2, 0) is 9.59 Å². The van der Waals surface area contributed by atoms with Crippen molar-refractivity contribution in [2.45, 2.75) is 39.7 Å². The Morgan fingerprint density at radius 3 is 2.71 bits per heavy atom. The van der Waals surface area contributed by atoms with E-state index in [1.54, 1.807) is 4.90 Å². The molecule has 0 bridgehead atoms. The molecule has 0 radical (unpaired) electrons. The van der Waals surface area contributed by atoms with Gasteiger partial charge in [-0.2, -0.15) is 0 Å². The van der Waals surface area contributed by atoms with Gasteiger partial charge in [-0.3, -0.25) is 9.59 Å². The second-order valence-electron chi connectivity index (χ2n) is 7.58. The van der Waals surface area contributed by atoms with Gasteiger partial charge in [0.25, 0.3) is 5.91 Å². The SMILES string of the molecule is CCNC(=NCC(=O)NC(C)(C)C)NCCCN1C(=O)COc2ccccc21. The fourth-order valence-corrected chi connectivity index (χ4v) is 2.79. The van der Waals surface area contributed by atoms with Crippen LogP contribution in [0.25, 0.3) is 0 Å². The van der Waals surface area contributed by atoms with E-state index >= 15 is 0 Å². The Bertz CT molecular complexity index is 712. The van der Waals surface area contributed by atoms with E-state index in [2.05, 4.69) is 20.9 Å². The molecule has 1 aromatic rings. The highest BCUT2D eigenvalue weighted by Gasteiger charge is 2.24. The van der Waals surface area contributed by atoms with Crippen LogP contribution >= 0.6 is 0 Å². The van der Waals surface area contributed by atoms with Crippen LogP contribution in [0.15, 0.2) is 29.3 Å². The molecule has 0 fully saturated rings. The van der Waals surface area contributed by atoms with Gasteiger partial charge in [0, 0.05) is 25.2 Å². The summed E-state index contributed by atoms with van der Waals surface area (Å²) in [5.41, 5.74) is 0.525. The summed E-state index contributed by atoms with van der Waals surface area (Å²) >= 11 is 0. The second kappa shape index (κ2) is 9.96. The Kier molecular flexibility index (Phi) is 7.66. The number of carbonyl (C=O) groups is 2. The van der Waals surface area contributed by atoms with Crippen molar-refractivity contribution in [3.8, 4) is 5.75 Å². The Labute approximate surface area is 166 Å². The van der Waals surface area contributed by atoms with Gasteiger partial charge in [0.1, 0.15) is 12.3 Å². The van der Waals surface area contributed by atoms with E-state index in [-0.39, 0.29) is 30.5 Å². The molecule has 0 unspecified atom stereocenters. The van der Waals surface area contributed by atoms with Gasteiger partial charge in [0.05, 0.1) is 5.69 Å². The number of carbonyl (C=O) groups excluding carboxylic acids is 2. The van der Waals surface area contributed by atoms with Gasteiger partial charge in [-0.15, -0.1) is 0 Å². The summed E-state index contributed by atoms with van der Waals surface area (Å²) in [7, 11) is 0. The zero-order valence-electron chi connectivity index (χ0n) is 17.2. The van der Waals surface area contributed by atoms with E-state index in [9.17, 15) is 9.59 Å². The maximum atomic E-state index is 12.2. The predicted octanol–water partition coefficient (Wildman–Crippen LogP) is 1.27. The summed E-state index contributed by atoms with van der Waals surface area (Å²) in [5, 5.41) is 9.21. The molecule has 154 valence electrons. The lowest BCUT2D eigenvalue weighted by Gasteiger charge is -2.29. The molecule has 0 spiro atoms. The Hall–Kier alpha value is -2.77. The molecule has 3 N–H and O–H groups in total. The molecule has 1 aliphatic rings. The molecule has 8 heteroatoms.